The van der Waals surface area contributed by atoms with E-state index in [2.05, 4.69) is 10.1 Å². The molecule has 1 aromatic rings. The Balaban J connectivity index is 2.45. The van der Waals surface area contributed by atoms with Crippen molar-refractivity contribution in [3.8, 4) is 0 Å². The number of unbranched alkanes of at least 4 members (excludes halogenated alkanes) is 1. The Labute approximate surface area is 148 Å². The van der Waals surface area contributed by atoms with Gasteiger partial charge >= 0.3 is 5.97 Å². The number of nitrogens with zero attached hydrogens (tertiary/aromatic N) is 1. The molecular weight excluding hydrogens is 320 g/mol. The lowest BCUT2D eigenvalue weighted by Gasteiger charge is -2.08. The first-order valence-electron chi connectivity index (χ1n) is 8.26. The van der Waals surface area contributed by atoms with E-state index in [-0.39, 0.29) is 30.7 Å². The van der Waals surface area contributed by atoms with Crippen LogP contribution >= 0.6 is 0 Å². The Kier molecular flexibility index (Phi) is 9.00. The van der Waals surface area contributed by atoms with Gasteiger partial charge in [0.1, 0.15) is 0 Å². The summed E-state index contributed by atoms with van der Waals surface area (Å²) in [5.41, 5.74) is 1.45. The SMILES string of the molecule is COC(=O)CCNC(=O)c1cccc(C=CCCCC(=O)N(C)C)c1. The first-order valence-corrected chi connectivity index (χ1v) is 8.26. The minimum absolute atomic E-state index is 0.124. The van der Waals surface area contributed by atoms with Crippen LogP contribution in [0.15, 0.2) is 30.3 Å². The number of rotatable bonds is 9. The Morgan fingerprint density at radius 2 is 1.96 bits per heavy atom. The van der Waals surface area contributed by atoms with E-state index in [0.717, 1.165) is 18.4 Å². The van der Waals surface area contributed by atoms with E-state index in [9.17, 15) is 14.4 Å². The Bertz CT molecular complexity index is 624. The smallest absolute Gasteiger partial charge is 0.307 e. The zero-order chi connectivity index (χ0) is 18.7. The summed E-state index contributed by atoms with van der Waals surface area (Å²) in [6.07, 6.45) is 6.20. The Hall–Kier alpha value is -2.63. The van der Waals surface area contributed by atoms with Crippen molar-refractivity contribution in [3.63, 3.8) is 0 Å². The summed E-state index contributed by atoms with van der Waals surface area (Å²) in [5.74, 6) is -0.459. The monoisotopic (exact) mass is 346 g/mol. The fourth-order valence-corrected chi connectivity index (χ4v) is 2.08. The fraction of sp³-hybridized carbons (Fsp3) is 0.421. The van der Waals surface area contributed by atoms with E-state index in [0.29, 0.717) is 12.0 Å². The number of hydrogen-bond donors (Lipinski definition) is 1. The molecule has 6 nitrogen and oxygen atoms in total. The largest absolute Gasteiger partial charge is 0.469 e. The average Bonchev–Trinajstić information content (AvgIpc) is 2.61. The maximum atomic E-state index is 12.1. The number of carbonyl (C=O) groups is 3. The number of esters is 1. The van der Waals surface area contributed by atoms with Crippen LogP contribution in [0.25, 0.3) is 6.08 Å². The minimum Gasteiger partial charge on any atom is -0.469 e. The molecule has 2 amide bonds. The summed E-state index contributed by atoms with van der Waals surface area (Å²) in [4.78, 5) is 36.1. The van der Waals surface area contributed by atoms with Gasteiger partial charge in [0.15, 0.2) is 0 Å². The number of allylic oxidation sites excluding steroid dienone is 1. The number of hydrogen-bond acceptors (Lipinski definition) is 4. The van der Waals surface area contributed by atoms with E-state index in [1.807, 2.05) is 24.3 Å². The Morgan fingerprint density at radius 1 is 1.20 bits per heavy atom. The highest BCUT2D eigenvalue weighted by Crippen LogP contribution is 2.09. The number of ether oxygens (including phenoxy) is 1. The summed E-state index contributed by atoms with van der Waals surface area (Å²) in [6, 6.07) is 7.23. The first kappa shape index (κ1) is 20.4. The van der Waals surface area contributed by atoms with Crippen molar-refractivity contribution in [1.29, 1.82) is 0 Å². The summed E-state index contributed by atoms with van der Waals surface area (Å²) in [7, 11) is 4.82. The molecule has 0 unspecified atom stereocenters. The van der Waals surface area contributed by atoms with Crippen molar-refractivity contribution >= 4 is 23.9 Å². The normalized spacial score (nSPS) is 10.5. The molecule has 0 spiro atoms. The molecule has 1 rings (SSSR count). The molecule has 1 N–H and O–H groups in total. The molecule has 0 saturated heterocycles. The summed E-state index contributed by atoms with van der Waals surface area (Å²) >= 11 is 0. The van der Waals surface area contributed by atoms with E-state index in [1.54, 1.807) is 31.1 Å². The van der Waals surface area contributed by atoms with Gasteiger partial charge in [-0.1, -0.05) is 24.3 Å². The minimum atomic E-state index is -0.357. The molecule has 0 fully saturated rings. The van der Waals surface area contributed by atoms with Crippen molar-refractivity contribution < 1.29 is 19.1 Å². The van der Waals surface area contributed by atoms with Crippen LogP contribution in [0.5, 0.6) is 0 Å². The number of carbonyl (C=O) groups excluding carboxylic acids is 3. The molecule has 6 heteroatoms. The van der Waals surface area contributed by atoms with Crippen LogP contribution in [0.3, 0.4) is 0 Å². The van der Waals surface area contributed by atoms with Gasteiger partial charge in [-0.2, -0.15) is 0 Å². The third-order valence-electron chi connectivity index (χ3n) is 3.56. The van der Waals surface area contributed by atoms with E-state index in [1.165, 1.54) is 7.11 Å². The predicted octanol–water partition coefficient (Wildman–Crippen LogP) is 2.25. The topological polar surface area (TPSA) is 75.7 Å². The first-order chi connectivity index (χ1) is 11.9. The molecule has 25 heavy (non-hydrogen) atoms. The van der Waals surface area contributed by atoms with Crippen LogP contribution in [0.4, 0.5) is 0 Å². The van der Waals surface area contributed by atoms with Gasteiger partial charge in [-0.25, -0.2) is 0 Å². The van der Waals surface area contributed by atoms with Crippen LogP contribution in [0.1, 0.15) is 41.6 Å². The second kappa shape index (κ2) is 11.0. The molecule has 0 radical (unpaired) electrons. The van der Waals surface area contributed by atoms with Crippen LogP contribution < -0.4 is 5.32 Å². The standard InChI is InChI=1S/C19H26N2O4/c1-21(2)17(22)11-6-4-5-8-15-9-7-10-16(14-15)19(24)20-13-12-18(23)25-3/h5,7-10,14H,4,6,11-13H2,1-3H3,(H,20,24). The number of nitrogens with one attached hydrogen (secondary N) is 1. The van der Waals surface area contributed by atoms with Gasteiger partial charge < -0.3 is 15.0 Å². The van der Waals surface area contributed by atoms with Gasteiger partial charge in [0, 0.05) is 32.6 Å². The molecule has 0 aliphatic heterocycles. The lowest BCUT2D eigenvalue weighted by Crippen LogP contribution is -2.26. The highest BCUT2D eigenvalue weighted by atomic mass is 16.5. The van der Waals surface area contributed by atoms with Crippen LogP contribution in [0, 0.1) is 0 Å². The highest BCUT2D eigenvalue weighted by molar-refractivity contribution is 5.94. The van der Waals surface area contributed by atoms with Crippen molar-refractivity contribution in [1.82, 2.24) is 10.2 Å². The van der Waals surface area contributed by atoms with Crippen molar-refractivity contribution in [2.24, 2.45) is 0 Å². The van der Waals surface area contributed by atoms with Crippen molar-refractivity contribution in [2.75, 3.05) is 27.7 Å². The second-order valence-corrected chi connectivity index (χ2v) is 5.79. The third-order valence-corrected chi connectivity index (χ3v) is 3.56. The maximum Gasteiger partial charge on any atom is 0.307 e. The summed E-state index contributed by atoms with van der Waals surface area (Å²) in [5, 5.41) is 2.68. The predicted molar refractivity (Wildman–Crippen MR) is 97.0 cm³/mol. The van der Waals surface area contributed by atoms with Gasteiger partial charge in [-0.3, -0.25) is 14.4 Å². The highest BCUT2D eigenvalue weighted by Gasteiger charge is 2.07. The maximum absolute atomic E-state index is 12.1. The lowest BCUT2D eigenvalue weighted by atomic mass is 10.1. The fourth-order valence-electron chi connectivity index (χ4n) is 2.08. The summed E-state index contributed by atoms with van der Waals surface area (Å²) in [6.45, 7) is 0.242. The molecule has 0 aliphatic carbocycles. The van der Waals surface area contributed by atoms with Gasteiger partial charge in [0.2, 0.25) is 5.91 Å². The van der Waals surface area contributed by atoms with Crippen molar-refractivity contribution in [3.05, 3.63) is 41.5 Å². The van der Waals surface area contributed by atoms with Crippen LogP contribution in [-0.4, -0.2) is 50.4 Å². The summed E-state index contributed by atoms with van der Waals surface area (Å²) < 4.78 is 4.53. The van der Waals surface area contributed by atoms with E-state index < -0.39 is 0 Å². The number of benzene rings is 1. The lowest BCUT2D eigenvalue weighted by molar-refractivity contribution is -0.140. The molecule has 1 aromatic carbocycles. The van der Waals surface area contributed by atoms with Gasteiger partial charge in [0.25, 0.3) is 5.91 Å². The van der Waals surface area contributed by atoms with Crippen LogP contribution in [-0.2, 0) is 14.3 Å². The van der Waals surface area contributed by atoms with Gasteiger partial charge in [0.05, 0.1) is 13.5 Å². The Morgan fingerprint density at radius 3 is 2.64 bits per heavy atom. The van der Waals surface area contributed by atoms with Gasteiger partial charge in [-0.15, -0.1) is 0 Å². The van der Waals surface area contributed by atoms with E-state index >= 15 is 0 Å². The van der Waals surface area contributed by atoms with Crippen molar-refractivity contribution in [2.45, 2.75) is 25.7 Å². The average molecular weight is 346 g/mol. The second-order valence-electron chi connectivity index (χ2n) is 5.79. The molecule has 0 saturated carbocycles. The number of methoxy groups -OCH3 is 1. The molecule has 0 heterocycles. The van der Waals surface area contributed by atoms with Gasteiger partial charge in [-0.05, 0) is 30.5 Å². The zero-order valence-electron chi connectivity index (χ0n) is 15.1. The molecule has 0 atom stereocenters. The number of amides is 2. The third kappa shape index (κ3) is 8.15. The molecule has 0 aliphatic rings. The molecule has 0 aromatic heterocycles. The quantitative estimate of drug-likeness (QED) is 0.550. The molecule has 0 bridgehead atoms. The molecular formula is C19H26N2O4. The van der Waals surface area contributed by atoms with E-state index in [4.69, 9.17) is 0 Å². The van der Waals surface area contributed by atoms with Crippen LogP contribution in [0.2, 0.25) is 0 Å². The zero-order valence-corrected chi connectivity index (χ0v) is 15.1. The molecule has 136 valence electrons.